The summed E-state index contributed by atoms with van der Waals surface area (Å²) < 4.78 is 4.67. The Morgan fingerprint density at radius 2 is 2.15 bits per heavy atom. The Morgan fingerprint density at radius 1 is 1.46 bits per heavy atom. The van der Waals surface area contributed by atoms with Crippen LogP contribution in [0.25, 0.3) is 0 Å². The van der Waals surface area contributed by atoms with Crippen molar-refractivity contribution in [2.24, 2.45) is 0 Å². The van der Waals surface area contributed by atoms with Gasteiger partial charge in [-0.15, -0.1) is 11.3 Å². The van der Waals surface area contributed by atoms with E-state index in [9.17, 15) is 4.79 Å². The summed E-state index contributed by atoms with van der Waals surface area (Å²) in [6, 6.07) is 1.94. The number of rotatable bonds is 3. The first-order chi connectivity index (χ1) is 6.22. The SMILES string of the molecule is CCc1cc(C(=O)OC)sc1CC. The predicted octanol–water partition coefficient (Wildman–Crippen LogP) is 2.66. The summed E-state index contributed by atoms with van der Waals surface area (Å²) in [4.78, 5) is 13.2. The van der Waals surface area contributed by atoms with Crippen molar-refractivity contribution in [2.75, 3.05) is 7.11 Å². The van der Waals surface area contributed by atoms with E-state index in [1.165, 1.54) is 17.6 Å². The molecule has 0 unspecified atom stereocenters. The lowest BCUT2D eigenvalue weighted by molar-refractivity contribution is 0.0606. The highest BCUT2D eigenvalue weighted by Gasteiger charge is 2.12. The van der Waals surface area contributed by atoms with Gasteiger partial charge >= 0.3 is 5.97 Å². The van der Waals surface area contributed by atoms with Gasteiger partial charge in [0.25, 0.3) is 0 Å². The van der Waals surface area contributed by atoms with Crippen LogP contribution in [0, 0.1) is 0 Å². The fourth-order valence-electron chi connectivity index (χ4n) is 1.27. The molecular formula is C10H14O2S. The van der Waals surface area contributed by atoms with Gasteiger partial charge in [0.15, 0.2) is 0 Å². The molecule has 0 spiro atoms. The lowest BCUT2D eigenvalue weighted by Gasteiger charge is -1.92. The van der Waals surface area contributed by atoms with Crippen LogP contribution >= 0.6 is 11.3 Å². The molecule has 0 aliphatic carbocycles. The molecule has 0 N–H and O–H groups in total. The fourth-order valence-corrected chi connectivity index (χ4v) is 2.38. The van der Waals surface area contributed by atoms with E-state index in [1.54, 1.807) is 11.3 Å². The molecule has 2 nitrogen and oxygen atoms in total. The Balaban J connectivity index is 2.99. The van der Waals surface area contributed by atoms with Crippen molar-refractivity contribution in [2.45, 2.75) is 26.7 Å². The maximum atomic E-state index is 11.2. The Kier molecular flexibility index (Phi) is 3.48. The van der Waals surface area contributed by atoms with Crippen LogP contribution in [0.5, 0.6) is 0 Å². The second kappa shape index (κ2) is 4.42. The van der Waals surface area contributed by atoms with E-state index < -0.39 is 0 Å². The summed E-state index contributed by atoms with van der Waals surface area (Å²) in [5.41, 5.74) is 1.27. The molecule has 0 aromatic carbocycles. The Morgan fingerprint density at radius 3 is 2.54 bits per heavy atom. The summed E-state index contributed by atoms with van der Waals surface area (Å²) in [5.74, 6) is -0.223. The zero-order valence-corrected chi connectivity index (χ0v) is 9.03. The van der Waals surface area contributed by atoms with Crippen molar-refractivity contribution in [3.05, 3.63) is 21.4 Å². The van der Waals surface area contributed by atoms with E-state index in [4.69, 9.17) is 0 Å². The number of hydrogen-bond donors (Lipinski definition) is 0. The van der Waals surface area contributed by atoms with Gasteiger partial charge in [-0.2, -0.15) is 0 Å². The summed E-state index contributed by atoms with van der Waals surface area (Å²) in [7, 11) is 1.42. The van der Waals surface area contributed by atoms with Gasteiger partial charge in [-0.25, -0.2) is 4.79 Å². The maximum Gasteiger partial charge on any atom is 0.348 e. The van der Waals surface area contributed by atoms with E-state index >= 15 is 0 Å². The molecule has 0 saturated heterocycles. The van der Waals surface area contributed by atoms with Gasteiger partial charge in [-0.3, -0.25) is 0 Å². The minimum atomic E-state index is -0.223. The highest BCUT2D eigenvalue weighted by molar-refractivity contribution is 7.14. The number of ether oxygens (including phenoxy) is 1. The molecule has 3 heteroatoms. The molecule has 0 amide bonds. The highest BCUT2D eigenvalue weighted by Crippen LogP contribution is 2.24. The van der Waals surface area contributed by atoms with Crippen LogP contribution in [-0.2, 0) is 17.6 Å². The Hall–Kier alpha value is -0.830. The monoisotopic (exact) mass is 198 g/mol. The van der Waals surface area contributed by atoms with Crippen LogP contribution in [-0.4, -0.2) is 13.1 Å². The lowest BCUT2D eigenvalue weighted by Crippen LogP contribution is -1.96. The summed E-state index contributed by atoms with van der Waals surface area (Å²) in [6.45, 7) is 4.20. The van der Waals surface area contributed by atoms with Crippen LogP contribution in [0.3, 0.4) is 0 Å². The Bertz CT molecular complexity index is 280. The molecule has 72 valence electrons. The Labute approximate surface area is 82.5 Å². The van der Waals surface area contributed by atoms with Crippen molar-refractivity contribution in [1.29, 1.82) is 0 Å². The second-order valence-electron chi connectivity index (χ2n) is 2.76. The van der Waals surface area contributed by atoms with E-state index in [-0.39, 0.29) is 5.97 Å². The van der Waals surface area contributed by atoms with Crippen molar-refractivity contribution in [3.8, 4) is 0 Å². The molecular weight excluding hydrogens is 184 g/mol. The molecule has 1 heterocycles. The van der Waals surface area contributed by atoms with Gasteiger partial charge in [0.2, 0.25) is 0 Å². The van der Waals surface area contributed by atoms with Gasteiger partial charge < -0.3 is 4.74 Å². The number of aryl methyl sites for hydroxylation is 2. The second-order valence-corrected chi connectivity index (χ2v) is 3.89. The highest BCUT2D eigenvalue weighted by atomic mass is 32.1. The number of carbonyl (C=O) groups excluding carboxylic acids is 1. The van der Waals surface area contributed by atoms with E-state index in [1.807, 2.05) is 6.07 Å². The van der Waals surface area contributed by atoms with Gasteiger partial charge in [-0.05, 0) is 24.5 Å². The van der Waals surface area contributed by atoms with Gasteiger partial charge in [-0.1, -0.05) is 13.8 Å². The van der Waals surface area contributed by atoms with Crippen LogP contribution in [0.15, 0.2) is 6.07 Å². The van der Waals surface area contributed by atoms with Gasteiger partial charge in [0.05, 0.1) is 7.11 Å². The quantitative estimate of drug-likeness (QED) is 0.698. The van der Waals surface area contributed by atoms with Crippen molar-refractivity contribution in [3.63, 3.8) is 0 Å². The zero-order chi connectivity index (χ0) is 9.84. The minimum absolute atomic E-state index is 0.223. The number of hydrogen-bond acceptors (Lipinski definition) is 3. The number of thiophene rings is 1. The number of methoxy groups -OCH3 is 1. The fraction of sp³-hybridized carbons (Fsp3) is 0.500. The summed E-state index contributed by atoms with van der Waals surface area (Å²) in [6.07, 6.45) is 1.97. The molecule has 1 aromatic heterocycles. The van der Waals surface area contributed by atoms with E-state index in [0.29, 0.717) is 0 Å². The van der Waals surface area contributed by atoms with Crippen LogP contribution < -0.4 is 0 Å². The smallest absolute Gasteiger partial charge is 0.348 e. The molecule has 13 heavy (non-hydrogen) atoms. The number of esters is 1. The number of carbonyl (C=O) groups is 1. The lowest BCUT2D eigenvalue weighted by atomic mass is 10.1. The molecule has 0 aliphatic heterocycles. The summed E-state index contributed by atoms with van der Waals surface area (Å²) in [5, 5.41) is 0. The molecule has 0 aliphatic rings. The summed E-state index contributed by atoms with van der Waals surface area (Å²) >= 11 is 1.54. The van der Waals surface area contributed by atoms with Gasteiger partial charge in [0, 0.05) is 4.88 Å². The third kappa shape index (κ3) is 2.10. The zero-order valence-electron chi connectivity index (χ0n) is 8.22. The van der Waals surface area contributed by atoms with Gasteiger partial charge in [0.1, 0.15) is 4.88 Å². The third-order valence-corrected chi connectivity index (χ3v) is 3.29. The molecule has 0 bridgehead atoms. The first-order valence-corrected chi connectivity index (χ1v) is 5.24. The molecule has 1 rings (SSSR count). The van der Waals surface area contributed by atoms with Crippen molar-refractivity contribution in [1.82, 2.24) is 0 Å². The molecule has 0 atom stereocenters. The first-order valence-electron chi connectivity index (χ1n) is 4.42. The van der Waals surface area contributed by atoms with E-state index in [2.05, 4.69) is 18.6 Å². The normalized spacial score (nSPS) is 10.1. The van der Waals surface area contributed by atoms with Crippen LogP contribution in [0.1, 0.15) is 34.0 Å². The standard InChI is InChI=1S/C10H14O2S/c1-4-7-6-9(10(11)12-3)13-8(7)5-2/h6H,4-5H2,1-3H3. The van der Waals surface area contributed by atoms with Crippen molar-refractivity contribution < 1.29 is 9.53 Å². The third-order valence-electron chi connectivity index (χ3n) is 1.99. The average molecular weight is 198 g/mol. The van der Waals surface area contributed by atoms with Crippen LogP contribution in [0.4, 0.5) is 0 Å². The predicted molar refractivity (Wildman–Crippen MR) is 54.4 cm³/mol. The molecule has 0 radical (unpaired) electrons. The average Bonchev–Trinajstić information content (AvgIpc) is 2.59. The minimum Gasteiger partial charge on any atom is -0.465 e. The van der Waals surface area contributed by atoms with Crippen molar-refractivity contribution >= 4 is 17.3 Å². The van der Waals surface area contributed by atoms with Crippen LogP contribution in [0.2, 0.25) is 0 Å². The molecule has 0 saturated carbocycles. The molecule has 0 fully saturated rings. The topological polar surface area (TPSA) is 26.3 Å². The maximum absolute atomic E-state index is 11.2. The largest absolute Gasteiger partial charge is 0.465 e. The molecule has 1 aromatic rings. The van der Waals surface area contributed by atoms with E-state index in [0.717, 1.165) is 17.7 Å². The first kappa shape index (κ1) is 10.3.